The van der Waals surface area contributed by atoms with Crippen molar-refractivity contribution in [3.05, 3.63) is 118 Å². The maximum atomic E-state index is 11.9. The molecule has 9 nitrogen and oxygen atoms in total. The van der Waals surface area contributed by atoms with Gasteiger partial charge in [-0.3, -0.25) is 14.4 Å². The largest absolute Gasteiger partial charge is 1.00 e. The molecule has 0 spiro atoms. The van der Waals surface area contributed by atoms with E-state index in [9.17, 15) is 9.59 Å². The zero-order valence-corrected chi connectivity index (χ0v) is 34.4. The summed E-state index contributed by atoms with van der Waals surface area (Å²) in [5.74, 6) is 2.34. The van der Waals surface area contributed by atoms with Gasteiger partial charge in [0.2, 0.25) is 0 Å². The molecule has 0 aliphatic rings. The van der Waals surface area contributed by atoms with Crippen LogP contribution in [0.5, 0.6) is 23.0 Å². The number of methoxy groups -OCH3 is 2. The van der Waals surface area contributed by atoms with Crippen molar-refractivity contribution in [1.82, 2.24) is 0 Å². The third-order valence-corrected chi connectivity index (χ3v) is 6.01. The number of hydrogen-bond acceptors (Lipinski definition) is 9. The molecule has 0 heterocycles. The molecule has 14 heteroatoms. The molecule has 4 rings (SSSR count). The van der Waals surface area contributed by atoms with Crippen molar-refractivity contribution in [3.63, 3.8) is 0 Å². The monoisotopic (exact) mass is 772 g/mol. The summed E-state index contributed by atoms with van der Waals surface area (Å²) < 4.78 is 15.4. The van der Waals surface area contributed by atoms with E-state index in [1.165, 1.54) is 0 Å². The Kier molecular flexibility index (Phi) is 29.0. The van der Waals surface area contributed by atoms with Crippen molar-refractivity contribution >= 4 is 57.2 Å². The molecule has 0 aromatic heterocycles. The number of ketones is 2. The second-order valence-corrected chi connectivity index (χ2v) is 9.28. The Labute approximate surface area is 366 Å². The molecule has 0 unspecified atom stereocenters. The van der Waals surface area contributed by atoms with Crippen molar-refractivity contribution in [2.75, 3.05) is 26.2 Å². The predicted molar refractivity (Wildman–Crippen MR) is 167 cm³/mol. The summed E-state index contributed by atoms with van der Waals surface area (Å²) in [7, 11) is 3.18. The zero-order valence-electron chi connectivity index (χ0n) is 26.1. The normalized spacial score (nSPS) is 8.84. The first-order chi connectivity index (χ1) is 20.7. The molecule has 0 bridgehead atoms. The number of hydrogen-bond donors (Lipinski definition) is 1. The Bertz CT molecular complexity index is 1360. The van der Waals surface area contributed by atoms with Crippen LogP contribution in [0.2, 0.25) is 10.0 Å². The van der Waals surface area contributed by atoms with Gasteiger partial charge >= 0.3 is 103 Å². The van der Waals surface area contributed by atoms with E-state index in [4.69, 9.17) is 52.6 Å². The van der Waals surface area contributed by atoms with Crippen molar-refractivity contribution in [3.8, 4) is 23.0 Å². The van der Waals surface area contributed by atoms with Crippen LogP contribution in [-0.2, 0) is 9.68 Å². The van der Waals surface area contributed by atoms with Crippen molar-refractivity contribution < 1.29 is 148 Å². The van der Waals surface area contributed by atoms with E-state index in [1.807, 2.05) is 0 Å². The van der Waals surface area contributed by atoms with Gasteiger partial charge in [-0.15, -0.1) is 0 Å². The molecule has 0 aliphatic heterocycles. The van der Waals surface area contributed by atoms with Gasteiger partial charge in [-0.25, -0.2) is 0 Å². The number of rotatable bonds is 9. The van der Waals surface area contributed by atoms with Crippen molar-refractivity contribution in [1.29, 1.82) is 0 Å². The zero-order chi connectivity index (χ0) is 32.0. The van der Waals surface area contributed by atoms with Crippen LogP contribution >= 0.6 is 39.1 Å². The van der Waals surface area contributed by atoms with Gasteiger partial charge in [0, 0.05) is 21.2 Å². The summed E-state index contributed by atoms with van der Waals surface area (Å²) in [4.78, 5) is 34.3. The molecule has 4 aromatic carbocycles. The molecule has 0 atom stereocenters. The Morgan fingerprint density at radius 3 is 1.42 bits per heavy atom. The molecule has 4 aromatic rings. The molecule has 45 heavy (non-hydrogen) atoms. The fraction of sp³-hybridized carbons (Fsp3) is 0.129. The van der Waals surface area contributed by atoms with E-state index in [2.05, 4.69) is 20.8 Å². The summed E-state index contributed by atoms with van der Waals surface area (Å²) in [6.07, 6.45) is 0. The molecular weight excluding hydrogens is 745 g/mol. The predicted octanol–water partition coefficient (Wildman–Crippen LogP) is 0.484. The number of halogens is 3. The van der Waals surface area contributed by atoms with Crippen LogP contribution in [0.3, 0.4) is 0 Å². The number of carbonyl (C=O) groups is 3. The van der Waals surface area contributed by atoms with Crippen LogP contribution < -0.4 is 122 Å². The molecule has 1 N–H and O–H groups in total. The van der Waals surface area contributed by atoms with Gasteiger partial charge in [0.15, 0.2) is 18.2 Å². The molecule has 0 saturated heterocycles. The molecular formula is C31H29BrCl2K2O9. The van der Waals surface area contributed by atoms with Crippen LogP contribution in [0.1, 0.15) is 22.1 Å². The first-order valence-electron chi connectivity index (χ1n) is 12.1. The van der Waals surface area contributed by atoms with Gasteiger partial charge < -0.3 is 30.9 Å². The summed E-state index contributed by atoms with van der Waals surface area (Å²) in [6.45, 7) is -0.187. The van der Waals surface area contributed by atoms with E-state index < -0.39 is 0 Å². The van der Waals surface area contributed by atoms with Gasteiger partial charge in [0.05, 0.1) is 19.5 Å². The van der Waals surface area contributed by atoms with Crippen molar-refractivity contribution in [2.45, 2.75) is 0 Å². The summed E-state index contributed by atoms with van der Waals surface area (Å²) in [5, 5.41) is 18.8. The Balaban J connectivity index is -0.000000592. The average molecular weight is 775 g/mol. The smallest absolute Gasteiger partial charge is 1.00 e. The molecule has 0 saturated carbocycles. The summed E-state index contributed by atoms with van der Waals surface area (Å²) >= 11 is 14.4. The molecule has 230 valence electrons. The third-order valence-electron chi connectivity index (χ3n) is 4.99. The fourth-order valence-corrected chi connectivity index (χ4v) is 3.41. The minimum Gasteiger partial charge on any atom is -1.00 e. The van der Waals surface area contributed by atoms with Crippen LogP contribution in [-0.4, -0.2) is 49.3 Å². The Morgan fingerprint density at radius 2 is 1.09 bits per heavy atom. The van der Waals surface area contributed by atoms with E-state index in [0.29, 0.717) is 32.3 Å². The van der Waals surface area contributed by atoms with Crippen LogP contribution in [0.25, 0.3) is 0 Å². The number of carbonyl (C=O) groups excluding carboxylic acids is 3. The minimum absolute atomic E-state index is 0. The fourth-order valence-electron chi connectivity index (χ4n) is 2.84. The quantitative estimate of drug-likeness (QED) is 0.0645. The van der Waals surface area contributed by atoms with Crippen molar-refractivity contribution in [2.24, 2.45) is 0 Å². The second-order valence-electron chi connectivity index (χ2n) is 7.85. The van der Waals surface area contributed by atoms with E-state index in [0.717, 1.165) is 11.5 Å². The number of aromatic hydroxyl groups is 1. The number of phenols is 1. The summed E-state index contributed by atoms with van der Waals surface area (Å²) in [5.41, 5.74) is 1.29. The first-order valence-corrected chi connectivity index (χ1v) is 14.0. The van der Waals surface area contributed by atoms with Crippen LogP contribution in [0.15, 0.2) is 97.1 Å². The van der Waals surface area contributed by atoms with Gasteiger partial charge in [-0.1, -0.05) is 39.1 Å². The maximum absolute atomic E-state index is 11.9. The number of alkyl halides is 1. The first kappa shape index (κ1) is 46.3. The van der Waals surface area contributed by atoms with E-state index >= 15 is 0 Å². The number of benzene rings is 4. The molecule has 0 amide bonds. The number of phenolic OH excluding ortho intramolecular Hbond substituents is 1. The van der Waals surface area contributed by atoms with Gasteiger partial charge in [-0.05, 0) is 97.1 Å². The Hall–Kier alpha value is -0.817. The number of ether oxygens (including phenoxy) is 3. The van der Waals surface area contributed by atoms with Gasteiger partial charge in [0.1, 0.15) is 23.0 Å². The Morgan fingerprint density at radius 1 is 0.733 bits per heavy atom. The van der Waals surface area contributed by atoms with Crippen LogP contribution in [0.4, 0.5) is 0 Å². The van der Waals surface area contributed by atoms with Gasteiger partial charge in [-0.2, -0.15) is 0 Å². The average Bonchev–Trinajstić information content (AvgIpc) is 3.06. The molecule has 0 fully saturated rings. The van der Waals surface area contributed by atoms with Crippen LogP contribution in [0, 0.1) is 0 Å². The number of Topliss-reactive ketones (excluding diaryl/α,β-unsaturated/α-hetero) is 2. The maximum Gasteiger partial charge on any atom is 1.00 e. The minimum atomic E-state index is -0.181. The second kappa shape index (κ2) is 28.2. The topological polar surface area (TPSA) is 131 Å². The van der Waals surface area contributed by atoms with E-state index in [-0.39, 0.29) is 135 Å². The standard InChI is InChI=1S/C15H13ClO3.C9H9BrO2.C6H5ClO.CH2O3.2K.H/c1-18-13-6-2-11(3-7-13)15(17)10-19-14-8-4-12(16)5-9-14;1-12-8-4-2-7(3-5-8)9(11)6-10;7-5-1-3-6(8)4-2-5;2-1-4-3;;;/h2-9H,10H2,1H3;2-5H,6H2,1H3;1-4,8H;1,3H;;;/q;;;;2*+1;-1/p-1. The molecule has 0 aliphatic carbocycles. The van der Waals surface area contributed by atoms with E-state index in [1.54, 1.807) is 111 Å². The molecule has 0 radical (unpaired) electrons. The third kappa shape index (κ3) is 20.9. The SMILES string of the molecule is COc1ccc(C(=O)CBr)cc1.COc1ccc(C(=O)COc2ccc(Cl)cc2)cc1.O=CO[O-].Oc1ccc(Cl)cc1.[H-].[K+].[K+]. The summed E-state index contributed by atoms with van der Waals surface area (Å²) in [6, 6.07) is 27.2. The van der Waals surface area contributed by atoms with Gasteiger partial charge in [0.25, 0.3) is 6.47 Å².